The zero-order valence-electron chi connectivity index (χ0n) is 12.6. The van der Waals surface area contributed by atoms with Crippen LogP contribution in [0.5, 0.6) is 0 Å². The van der Waals surface area contributed by atoms with Gasteiger partial charge in [0.2, 0.25) is 0 Å². The molecule has 0 bridgehead atoms. The van der Waals surface area contributed by atoms with Crippen molar-refractivity contribution in [1.29, 1.82) is 0 Å². The van der Waals surface area contributed by atoms with E-state index in [9.17, 15) is 25.0 Å². The van der Waals surface area contributed by atoms with E-state index in [1.807, 2.05) is 0 Å². The quantitative estimate of drug-likeness (QED) is 0.532. The number of rotatable bonds is 4. The van der Waals surface area contributed by atoms with Crippen LogP contribution in [0.1, 0.15) is 10.4 Å². The first-order valence-corrected chi connectivity index (χ1v) is 7.05. The van der Waals surface area contributed by atoms with E-state index in [0.29, 0.717) is 0 Å². The molecule has 3 aromatic rings. The summed E-state index contributed by atoms with van der Waals surface area (Å²) in [5.41, 5.74) is 0.0868. The van der Waals surface area contributed by atoms with Crippen LogP contribution < -0.4 is 0 Å². The van der Waals surface area contributed by atoms with Gasteiger partial charge < -0.3 is 0 Å². The van der Waals surface area contributed by atoms with Crippen molar-refractivity contribution >= 4 is 17.3 Å². The fourth-order valence-electron chi connectivity index (χ4n) is 2.35. The number of benzene rings is 2. The van der Waals surface area contributed by atoms with Gasteiger partial charge in [0.15, 0.2) is 5.82 Å². The Labute approximate surface area is 140 Å². The predicted octanol–water partition coefficient (Wildman–Crippen LogP) is 3.06. The lowest BCUT2D eigenvalue weighted by Gasteiger charge is -2.07. The van der Waals surface area contributed by atoms with Crippen molar-refractivity contribution in [1.82, 2.24) is 9.55 Å². The Bertz CT molecular complexity index is 978. The lowest BCUT2D eigenvalue weighted by molar-refractivity contribution is -0.384. The second kappa shape index (κ2) is 6.32. The molecule has 0 fully saturated rings. The third-order valence-electron chi connectivity index (χ3n) is 3.53. The second-order valence-corrected chi connectivity index (χ2v) is 5.00. The first-order valence-electron chi connectivity index (χ1n) is 7.05. The molecule has 0 saturated carbocycles. The lowest BCUT2D eigenvalue weighted by atomic mass is 10.1. The van der Waals surface area contributed by atoms with E-state index in [4.69, 9.17) is 0 Å². The molecule has 0 atom stereocenters. The van der Waals surface area contributed by atoms with Crippen molar-refractivity contribution in [2.75, 3.05) is 0 Å². The molecular formula is C16H10N4O5. The molecule has 0 N–H and O–H groups in total. The van der Waals surface area contributed by atoms with Gasteiger partial charge in [0.1, 0.15) is 0 Å². The number of nitro groups is 2. The van der Waals surface area contributed by atoms with Gasteiger partial charge in [0.25, 0.3) is 17.3 Å². The Balaban J connectivity index is 2.04. The number of aromatic nitrogens is 2. The van der Waals surface area contributed by atoms with E-state index in [1.165, 1.54) is 59.4 Å². The number of carbonyl (C=O) groups is 1. The summed E-state index contributed by atoms with van der Waals surface area (Å²) in [4.78, 5) is 37.5. The second-order valence-electron chi connectivity index (χ2n) is 5.00. The Morgan fingerprint density at radius 2 is 1.64 bits per heavy atom. The molecule has 0 aliphatic rings. The number of non-ortho nitro benzene ring substituents is 1. The number of hydrogen-bond acceptors (Lipinski definition) is 6. The highest BCUT2D eigenvalue weighted by atomic mass is 16.6. The van der Waals surface area contributed by atoms with E-state index in [-0.39, 0.29) is 28.3 Å². The van der Waals surface area contributed by atoms with E-state index in [1.54, 1.807) is 6.07 Å². The molecule has 3 rings (SSSR count). The van der Waals surface area contributed by atoms with Crippen molar-refractivity contribution in [2.45, 2.75) is 0 Å². The summed E-state index contributed by atoms with van der Waals surface area (Å²) < 4.78 is 1.17. The van der Waals surface area contributed by atoms with E-state index < -0.39 is 15.8 Å². The van der Waals surface area contributed by atoms with Crippen molar-refractivity contribution in [3.63, 3.8) is 0 Å². The molecule has 0 spiro atoms. The molecule has 0 aliphatic carbocycles. The maximum absolute atomic E-state index is 12.6. The zero-order chi connectivity index (χ0) is 18.0. The van der Waals surface area contributed by atoms with Crippen LogP contribution >= 0.6 is 0 Å². The first-order chi connectivity index (χ1) is 12.0. The number of carbonyl (C=O) groups excluding carboxylic acids is 1. The molecule has 0 unspecified atom stereocenters. The fourth-order valence-corrected chi connectivity index (χ4v) is 2.35. The number of para-hydroxylation sites is 1. The van der Waals surface area contributed by atoms with Crippen LogP contribution in [0.25, 0.3) is 11.4 Å². The summed E-state index contributed by atoms with van der Waals surface area (Å²) in [6.07, 6.45) is 2.74. The highest BCUT2D eigenvalue weighted by Crippen LogP contribution is 2.28. The van der Waals surface area contributed by atoms with Gasteiger partial charge in [0.05, 0.1) is 15.4 Å². The summed E-state index contributed by atoms with van der Waals surface area (Å²) in [6.45, 7) is 0. The summed E-state index contributed by atoms with van der Waals surface area (Å²) in [5.74, 6) is -0.379. The largest absolute Gasteiger partial charge is 0.280 e. The smallest absolute Gasteiger partial charge is 0.268 e. The number of nitrogens with zero attached hydrogens (tertiary/aromatic N) is 4. The molecule has 1 aromatic heterocycles. The third-order valence-corrected chi connectivity index (χ3v) is 3.53. The van der Waals surface area contributed by atoms with E-state index >= 15 is 0 Å². The summed E-state index contributed by atoms with van der Waals surface area (Å²) in [5, 5.41) is 21.9. The predicted molar refractivity (Wildman–Crippen MR) is 87.1 cm³/mol. The third kappa shape index (κ3) is 2.98. The molecule has 0 amide bonds. The monoisotopic (exact) mass is 338 g/mol. The van der Waals surface area contributed by atoms with Crippen LogP contribution in [0.3, 0.4) is 0 Å². The van der Waals surface area contributed by atoms with Crippen molar-refractivity contribution in [2.24, 2.45) is 0 Å². The van der Waals surface area contributed by atoms with Gasteiger partial charge in [-0.15, -0.1) is 0 Å². The number of nitro benzene ring substituents is 2. The number of hydrogen-bond donors (Lipinski definition) is 0. The van der Waals surface area contributed by atoms with Gasteiger partial charge in [-0.2, -0.15) is 0 Å². The summed E-state index contributed by atoms with van der Waals surface area (Å²) in [6, 6.07) is 11.0. The van der Waals surface area contributed by atoms with Gasteiger partial charge in [-0.25, -0.2) is 4.98 Å². The Morgan fingerprint density at radius 1 is 0.960 bits per heavy atom. The van der Waals surface area contributed by atoms with Gasteiger partial charge in [-0.3, -0.25) is 29.6 Å². The summed E-state index contributed by atoms with van der Waals surface area (Å²) >= 11 is 0. The SMILES string of the molecule is O=C(c1ccc([N+](=O)[O-])cc1)n1ccnc1-c1ccccc1[N+](=O)[O-]. The van der Waals surface area contributed by atoms with Crippen LogP contribution in [-0.2, 0) is 0 Å². The van der Waals surface area contributed by atoms with Gasteiger partial charge in [-0.05, 0) is 18.2 Å². The molecule has 25 heavy (non-hydrogen) atoms. The first kappa shape index (κ1) is 16.0. The van der Waals surface area contributed by atoms with Crippen LogP contribution in [0, 0.1) is 20.2 Å². The minimum atomic E-state index is -0.565. The molecule has 124 valence electrons. The standard InChI is InChI=1S/C16H10N4O5/c21-16(11-5-7-12(8-6-11)19(22)23)18-10-9-17-15(18)13-3-1-2-4-14(13)20(24)25/h1-10H. The maximum atomic E-state index is 12.6. The van der Waals surface area contributed by atoms with Crippen LogP contribution in [0.2, 0.25) is 0 Å². The molecule has 1 heterocycles. The molecular weight excluding hydrogens is 328 g/mol. The highest BCUT2D eigenvalue weighted by molar-refractivity contribution is 5.98. The Kier molecular flexibility index (Phi) is 4.04. The van der Waals surface area contributed by atoms with E-state index in [0.717, 1.165) is 0 Å². The lowest BCUT2D eigenvalue weighted by Crippen LogP contribution is -2.13. The maximum Gasteiger partial charge on any atom is 0.280 e. The normalized spacial score (nSPS) is 10.4. The van der Waals surface area contributed by atoms with Crippen LogP contribution in [-0.4, -0.2) is 25.3 Å². The molecule has 2 aromatic carbocycles. The topological polar surface area (TPSA) is 121 Å². The van der Waals surface area contributed by atoms with Gasteiger partial charge >= 0.3 is 0 Å². The van der Waals surface area contributed by atoms with Crippen molar-refractivity contribution in [3.05, 3.63) is 86.7 Å². The molecule has 9 nitrogen and oxygen atoms in total. The van der Waals surface area contributed by atoms with Crippen molar-refractivity contribution in [3.8, 4) is 11.4 Å². The molecule has 0 radical (unpaired) electrons. The van der Waals surface area contributed by atoms with E-state index in [2.05, 4.69) is 4.98 Å². The molecule has 0 aliphatic heterocycles. The number of imidazole rings is 1. The fraction of sp³-hybridized carbons (Fsp3) is 0. The minimum absolute atomic E-state index is 0.121. The minimum Gasteiger partial charge on any atom is -0.268 e. The average molecular weight is 338 g/mol. The Hall–Kier alpha value is -3.88. The zero-order valence-corrected chi connectivity index (χ0v) is 12.6. The van der Waals surface area contributed by atoms with Crippen molar-refractivity contribution < 1.29 is 14.6 Å². The molecule has 9 heteroatoms. The van der Waals surface area contributed by atoms with Crippen LogP contribution in [0.15, 0.2) is 60.9 Å². The van der Waals surface area contributed by atoms with Gasteiger partial charge in [0, 0.05) is 36.2 Å². The Morgan fingerprint density at radius 3 is 2.28 bits per heavy atom. The van der Waals surface area contributed by atoms with Gasteiger partial charge in [-0.1, -0.05) is 12.1 Å². The average Bonchev–Trinajstić information content (AvgIpc) is 3.10. The van der Waals surface area contributed by atoms with Crippen LogP contribution in [0.4, 0.5) is 11.4 Å². The molecule has 0 saturated heterocycles. The summed E-state index contributed by atoms with van der Waals surface area (Å²) in [7, 11) is 0. The highest BCUT2D eigenvalue weighted by Gasteiger charge is 2.21.